The van der Waals surface area contributed by atoms with Crippen LogP contribution in [0.25, 0.3) is 0 Å². The fourth-order valence-electron chi connectivity index (χ4n) is 3.25. The van der Waals surface area contributed by atoms with Gasteiger partial charge in [-0.15, -0.1) is 0 Å². The van der Waals surface area contributed by atoms with Gasteiger partial charge in [-0.3, -0.25) is 19.7 Å². The average Bonchev–Trinajstić information content (AvgIpc) is 3.54. The second-order valence-corrected chi connectivity index (χ2v) is 7.43. The van der Waals surface area contributed by atoms with E-state index < -0.39 is 23.9 Å². The highest BCUT2D eigenvalue weighted by molar-refractivity contribution is 5.97. The van der Waals surface area contributed by atoms with Gasteiger partial charge >= 0.3 is 0 Å². The number of carbonyl (C=O) groups is 2. The summed E-state index contributed by atoms with van der Waals surface area (Å²) in [7, 11) is 1.83. The van der Waals surface area contributed by atoms with Gasteiger partial charge in [0.05, 0.1) is 19.3 Å². The SMILES string of the molecule is CN1CCOC[C@@H]1[C@H](NC(=O)c1ccc(C#CC#C[C@@H]2C[C@H]2CO)cc1)C(=O)NO. The van der Waals surface area contributed by atoms with Crippen LogP contribution in [-0.4, -0.2) is 72.5 Å². The first-order valence-electron chi connectivity index (χ1n) is 9.78. The second kappa shape index (κ2) is 10.2. The van der Waals surface area contributed by atoms with E-state index in [4.69, 9.17) is 15.1 Å². The lowest BCUT2D eigenvalue weighted by molar-refractivity contribution is -0.134. The molecule has 8 nitrogen and oxygen atoms in total. The van der Waals surface area contributed by atoms with E-state index in [1.807, 2.05) is 11.9 Å². The summed E-state index contributed by atoms with van der Waals surface area (Å²) >= 11 is 0. The van der Waals surface area contributed by atoms with Gasteiger partial charge in [0.2, 0.25) is 0 Å². The number of morpholine rings is 1. The van der Waals surface area contributed by atoms with Gasteiger partial charge < -0.3 is 15.2 Å². The number of benzene rings is 1. The fourth-order valence-corrected chi connectivity index (χ4v) is 3.25. The monoisotopic (exact) mass is 411 g/mol. The van der Waals surface area contributed by atoms with Crippen LogP contribution in [0.15, 0.2) is 24.3 Å². The minimum Gasteiger partial charge on any atom is -0.396 e. The summed E-state index contributed by atoms with van der Waals surface area (Å²) in [6, 6.07) is 5.28. The van der Waals surface area contributed by atoms with Crippen LogP contribution in [0.5, 0.6) is 0 Å². The summed E-state index contributed by atoms with van der Waals surface area (Å²) in [6.07, 6.45) is 0.924. The van der Waals surface area contributed by atoms with E-state index in [-0.39, 0.29) is 25.0 Å². The van der Waals surface area contributed by atoms with Gasteiger partial charge in [0, 0.05) is 30.2 Å². The highest BCUT2D eigenvalue weighted by Crippen LogP contribution is 2.36. The molecule has 1 aromatic rings. The van der Waals surface area contributed by atoms with Crippen molar-refractivity contribution in [2.24, 2.45) is 11.8 Å². The smallest absolute Gasteiger partial charge is 0.267 e. The van der Waals surface area contributed by atoms with Crippen molar-refractivity contribution in [3.05, 3.63) is 35.4 Å². The van der Waals surface area contributed by atoms with Gasteiger partial charge in [-0.1, -0.05) is 11.8 Å². The predicted octanol–water partition coefficient (Wildman–Crippen LogP) is -0.396. The molecule has 2 fully saturated rings. The summed E-state index contributed by atoms with van der Waals surface area (Å²) in [6.45, 7) is 1.60. The number of amides is 2. The van der Waals surface area contributed by atoms with Crippen molar-refractivity contribution in [1.82, 2.24) is 15.7 Å². The van der Waals surface area contributed by atoms with Crippen molar-refractivity contribution in [3.8, 4) is 23.7 Å². The van der Waals surface area contributed by atoms with Crippen molar-refractivity contribution >= 4 is 11.8 Å². The average molecular weight is 411 g/mol. The molecule has 0 spiro atoms. The predicted molar refractivity (Wildman–Crippen MR) is 108 cm³/mol. The van der Waals surface area contributed by atoms with Crippen molar-refractivity contribution in [3.63, 3.8) is 0 Å². The summed E-state index contributed by atoms with van der Waals surface area (Å²) in [5.41, 5.74) is 2.69. The van der Waals surface area contributed by atoms with E-state index in [0.29, 0.717) is 24.3 Å². The largest absolute Gasteiger partial charge is 0.396 e. The van der Waals surface area contributed by atoms with Gasteiger partial charge in [-0.05, 0) is 55.5 Å². The van der Waals surface area contributed by atoms with E-state index in [9.17, 15) is 9.59 Å². The molecule has 30 heavy (non-hydrogen) atoms. The van der Waals surface area contributed by atoms with E-state index >= 15 is 0 Å². The number of carbonyl (C=O) groups excluding carboxylic acids is 2. The molecule has 4 atom stereocenters. The number of likely N-dealkylation sites (N-methyl/N-ethyl adjacent to an activating group) is 1. The third-order valence-electron chi connectivity index (χ3n) is 5.34. The minimum absolute atomic E-state index is 0.168. The standard InChI is InChI=1S/C22H25N3O5/c1-25-10-11-30-14-19(25)20(22(28)24-29)23-21(27)16-8-6-15(7-9-16)4-2-3-5-17-12-18(17)13-26/h6-9,17-20,26,29H,10-14H2,1H3,(H,23,27)(H,24,28)/t17-,18+,19-,20+/m1/s1. The van der Waals surface area contributed by atoms with E-state index in [1.54, 1.807) is 29.7 Å². The Hall–Kier alpha value is -2.88. The Morgan fingerprint density at radius 1 is 1.30 bits per heavy atom. The van der Waals surface area contributed by atoms with Crippen LogP contribution >= 0.6 is 0 Å². The molecule has 2 aliphatic rings. The van der Waals surface area contributed by atoms with E-state index in [1.165, 1.54) is 0 Å². The third kappa shape index (κ3) is 5.59. The number of hydrogen-bond acceptors (Lipinski definition) is 6. The molecule has 3 rings (SSSR count). The fraction of sp³-hybridized carbons (Fsp3) is 0.455. The molecule has 0 bridgehead atoms. The summed E-state index contributed by atoms with van der Waals surface area (Å²) in [5.74, 6) is 10.9. The van der Waals surface area contributed by atoms with Crippen LogP contribution in [0.1, 0.15) is 22.3 Å². The maximum absolute atomic E-state index is 12.6. The number of rotatable bonds is 5. The molecule has 0 unspecified atom stereocenters. The van der Waals surface area contributed by atoms with Gasteiger partial charge in [0.1, 0.15) is 6.04 Å². The molecule has 1 aromatic carbocycles. The van der Waals surface area contributed by atoms with E-state index in [0.717, 1.165) is 6.42 Å². The Morgan fingerprint density at radius 2 is 2.07 bits per heavy atom. The van der Waals surface area contributed by atoms with Crippen molar-refractivity contribution < 1.29 is 24.6 Å². The molecule has 4 N–H and O–H groups in total. The van der Waals surface area contributed by atoms with Crippen molar-refractivity contribution in [2.45, 2.75) is 18.5 Å². The molecule has 1 aliphatic heterocycles. The minimum atomic E-state index is -0.965. The number of nitrogens with zero attached hydrogens (tertiary/aromatic N) is 1. The molecule has 8 heteroatoms. The maximum Gasteiger partial charge on any atom is 0.267 e. The van der Waals surface area contributed by atoms with Crippen molar-refractivity contribution in [1.29, 1.82) is 0 Å². The molecule has 1 aliphatic carbocycles. The topological polar surface area (TPSA) is 111 Å². The Kier molecular flexibility index (Phi) is 7.45. The molecule has 1 heterocycles. The molecule has 1 saturated carbocycles. The number of nitrogens with one attached hydrogen (secondary N) is 2. The lowest BCUT2D eigenvalue weighted by Crippen LogP contribution is -2.61. The zero-order valence-corrected chi connectivity index (χ0v) is 16.7. The van der Waals surface area contributed by atoms with Crippen LogP contribution in [0.2, 0.25) is 0 Å². The van der Waals surface area contributed by atoms with Crippen LogP contribution < -0.4 is 10.8 Å². The molecule has 0 radical (unpaired) electrons. The number of ether oxygens (including phenoxy) is 1. The number of hydrogen-bond donors (Lipinski definition) is 4. The van der Waals surface area contributed by atoms with Gasteiger partial charge in [0.25, 0.3) is 11.8 Å². The highest BCUT2D eigenvalue weighted by atomic mass is 16.5. The first-order valence-corrected chi connectivity index (χ1v) is 9.78. The first-order chi connectivity index (χ1) is 14.5. The second-order valence-electron chi connectivity index (χ2n) is 7.43. The first kappa shape index (κ1) is 21.8. The summed E-state index contributed by atoms with van der Waals surface area (Å²) < 4.78 is 5.42. The Labute approximate surface area is 175 Å². The highest BCUT2D eigenvalue weighted by Gasteiger charge is 2.35. The number of aliphatic hydroxyl groups is 1. The lowest BCUT2D eigenvalue weighted by atomic mass is 10.0. The van der Waals surface area contributed by atoms with Crippen LogP contribution in [0, 0.1) is 35.5 Å². The lowest BCUT2D eigenvalue weighted by Gasteiger charge is -2.36. The van der Waals surface area contributed by atoms with E-state index in [2.05, 4.69) is 29.0 Å². The number of hydroxylamine groups is 1. The van der Waals surface area contributed by atoms with Gasteiger partial charge in [0.15, 0.2) is 0 Å². The Morgan fingerprint density at radius 3 is 2.70 bits per heavy atom. The molecule has 0 aromatic heterocycles. The molecular formula is C22H25N3O5. The third-order valence-corrected chi connectivity index (χ3v) is 5.34. The quantitative estimate of drug-likeness (QED) is 0.298. The van der Waals surface area contributed by atoms with Crippen LogP contribution in [-0.2, 0) is 9.53 Å². The summed E-state index contributed by atoms with van der Waals surface area (Å²) in [4.78, 5) is 26.7. The summed E-state index contributed by atoms with van der Waals surface area (Å²) in [5, 5.41) is 20.7. The van der Waals surface area contributed by atoms with Crippen LogP contribution in [0.4, 0.5) is 0 Å². The zero-order chi connectivity index (χ0) is 21.5. The van der Waals surface area contributed by atoms with Crippen LogP contribution in [0.3, 0.4) is 0 Å². The molecule has 2 amide bonds. The maximum atomic E-state index is 12.6. The van der Waals surface area contributed by atoms with Crippen molar-refractivity contribution in [2.75, 3.05) is 33.4 Å². The Balaban J connectivity index is 1.62. The molecular weight excluding hydrogens is 386 g/mol. The zero-order valence-electron chi connectivity index (χ0n) is 16.7. The van der Waals surface area contributed by atoms with Gasteiger partial charge in [-0.2, -0.15) is 0 Å². The Bertz CT molecular complexity index is 893. The van der Waals surface area contributed by atoms with Gasteiger partial charge in [-0.25, -0.2) is 5.48 Å². The normalized spacial score (nSPS) is 23.8. The molecule has 1 saturated heterocycles. The number of aliphatic hydroxyl groups excluding tert-OH is 1. The molecule has 158 valence electrons.